The van der Waals surface area contributed by atoms with Crippen LogP contribution >= 0.6 is 0 Å². The Hall–Kier alpha value is -1.44. The molecule has 4 N–H and O–H groups in total. The van der Waals surface area contributed by atoms with Crippen LogP contribution in [0.2, 0.25) is 0 Å². The molecule has 1 aliphatic rings. The van der Waals surface area contributed by atoms with E-state index in [1.807, 2.05) is 0 Å². The van der Waals surface area contributed by atoms with E-state index in [0.29, 0.717) is 0 Å². The molecule has 0 spiro atoms. The van der Waals surface area contributed by atoms with Crippen LogP contribution in [0.5, 0.6) is 0 Å². The number of aliphatic hydroxyl groups excluding tert-OH is 2. The maximum absolute atomic E-state index is 11.6. The molecule has 1 saturated heterocycles. The number of nitrogens with two attached hydrogens (primary N) is 1. The SMILES string of the molecule is C[C@@H]1C(O)[C@H](n2ccc(N)nc2=O)O[C@@H]1CO. The lowest BCUT2D eigenvalue weighted by Gasteiger charge is -2.17. The third kappa shape index (κ3) is 2.04. The number of ether oxygens (including phenoxy) is 1. The highest BCUT2D eigenvalue weighted by atomic mass is 16.5. The van der Waals surface area contributed by atoms with Crippen molar-refractivity contribution in [2.75, 3.05) is 12.3 Å². The van der Waals surface area contributed by atoms with E-state index in [1.54, 1.807) is 6.92 Å². The highest BCUT2D eigenvalue weighted by molar-refractivity contribution is 5.23. The van der Waals surface area contributed by atoms with E-state index in [-0.39, 0.29) is 18.3 Å². The van der Waals surface area contributed by atoms with Gasteiger partial charge in [-0.1, -0.05) is 6.92 Å². The summed E-state index contributed by atoms with van der Waals surface area (Å²) in [5.41, 5.74) is 4.79. The van der Waals surface area contributed by atoms with Gasteiger partial charge in [0.2, 0.25) is 0 Å². The van der Waals surface area contributed by atoms with Gasteiger partial charge in [0, 0.05) is 12.1 Å². The largest absolute Gasteiger partial charge is 0.394 e. The number of anilines is 1. The van der Waals surface area contributed by atoms with Gasteiger partial charge in [-0.05, 0) is 6.07 Å². The van der Waals surface area contributed by atoms with Gasteiger partial charge < -0.3 is 20.7 Å². The minimum Gasteiger partial charge on any atom is -0.394 e. The number of aromatic nitrogens is 2. The Kier molecular flexibility index (Phi) is 3.14. The fraction of sp³-hybridized carbons (Fsp3) is 0.600. The Labute approximate surface area is 97.5 Å². The number of nitrogen functional groups attached to an aromatic ring is 1. The molecule has 1 fully saturated rings. The smallest absolute Gasteiger partial charge is 0.351 e. The molecule has 4 atom stereocenters. The second kappa shape index (κ2) is 4.44. The second-order valence-corrected chi connectivity index (χ2v) is 4.14. The van der Waals surface area contributed by atoms with Crippen molar-refractivity contribution < 1.29 is 14.9 Å². The van der Waals surface area contributed by atoms with Crippen LogP contribution in [-0.2, 0) is 4.74 Å². The predicted octanol–water partition coefficient (Wildman–Crippen LogP) is -1.29. The van der Waals surface area contributed by atoms with Crippen molar-refractivity contribution in [2.45, 2.75) is 25.4 Å². The number of rotatable bonds is 2. The van der Waals surface area contributed by atoms with E-state index in [2.05, 4.69) is 4.98 Å². The van der Waals surface area contributed by atoms with Gasteiger partial charge in [-0.25, -0.2) is 4.79 Å². The van der Waals surface area contributed by atoms with Crippen LogP contribution in [-0.4, -0.2) is 38.6 Å². The molecule has 2 rings (SSSR count). The van der Waals surface area contributed by atoms with Gasteiger partial charge in [-0.3, -0.25) is 4.57 Å². The van der Waals surface area contributed by atoms with Gasteiger partial charge in [-0.15, -0.1) is 0 Å². The highest BCUT2D eigenvalue weighted by Crippen LogP contribution is 2.32. The molecule has 2 heterocycles. The van der Waals surface area contributed by atoms with Crippen molar-refractivity contribution in [3.8, 4) is 0 Å². The van der Waals surface area contributed by atoms with E-state index >= 15 is 0 Å². The summed E-state index contributed by atoms with van der Waals surface area (Å²) >= 11 is 0. The molecule has 1 aromatic rings. The van der Waals surface area contributed by atoms with Crippen molar-refractivity contribution in [1.29, 1.82) is 0 Å². The first-order valence-electron chi connectivity index (χ1n) is 5.33. The quantitative estimate of drug-likeness (QED) is 0.594. The van der Waals surface area contributed by atoms with Gasteiger partial charge in [0.25, 0.3) is 0 Å². The molecule has 7 nitrogen and oxygen atoms in total. The van der Waals surface area contributed by atoms with Crippen molar-refractivity contribution >= 4 is 5.82 Å². The van der Waals surface area contributed by atoms with Crippen LogP contribution < -0.4 is 11.4 Å². The van der Waals surface area contributed by atoms with Crippen LogP contribution in [0, 0.1) is 5.92 Å². The third-order valence-electron chi connectivity index (χ3n) is 3.04. The van der Waals surface area contributed by atoms with E-state index in [0.717, 1.165) is 0 Å². The van der Waals surface area contributed by atoms with E-state index in [1.165, 1.54) is 16.8 Å². The van der Waals surface area contributed by atoms with E-state index in [4.69, 9.17) is 15.6 Å². The summed E-state index contributed by atoms with van der Waals surface area (Å²) in [5, 5.41) is 19.0. The second-order valence-electron chi connectivity index (χ2n) is 4.14. The first-order valence-corrected chi connectivity index (χ1v) is 5.33. The topological polar surface area (TPSA) is 111 Å². The van der Waals surface area contributed by atoms with Gasteiger partial charge in [0.15, 0.2) is 6.23 Å². The van der Waals surface area contributed by atoms with Crippen LogP contribution in [0.1, 0.15) is 13.2 Å². The number of hydrogen-bond acceptors (Lipinski definition) is 6. The summed E-state index contributed by atoms with van der Waals surface area (Å²) in [4.78, 5) is 15.2. The normalized spacial score (nSPS) is 32.9. The van der Waals surface area contributed by atoms with Crippen molar-refractivity contribution in [3.63, 3.8) is 0 Å². The fourth-order valence-corrected chi connectivity index (χ4v) is 1.92. The summed E-state index contributed by atoms with van der Waals surface area (Å²) in [6.45, 7) is 1.55. The van der Waals surface area contributed by atoms with Crippen LogP contribution in [0.4, 0.5) is 5.82 Å². The zero-order chi connectivity index (χ0) is 12.6. The Morgan fingerprint density at radius 2 is 2.35 bits per heavy atom. The standard InChI is InChI=1S/C10H15N3O4/c1-5-6(4-14)17-9(8(5)15)13-3-2-7(11)12-10(13)16/h2-3,5-6,8-9,14-15H,4H2,1H3,(H2,11,12,16)/t5-,6+,8?,9+/m0/s1. The van der Waals surface area contributed by atoms with Crippen molar-refractivity contribution in [1.82, 2.24) is 9.55 Å². The lowest BCUT2D eigenvalue weighted by Crippen LogP contribution is -2.33. The third-order valence-corrected chi connectivity index (χ3v) is 3.04. The monoisotopic (exact) mass is 241 g/mol. The highest BCUT2D eigenvalue weighted by Gasteiger charge is 2.41. The molecule has 17 heavy (non-hydrogen) atoms. The molecule has 0 aromatic carbocycles. The Morgan fingerprint density at radius 1 is 1.65 bits per heavy atom. The Balaban J connectivity index is 2.32. The Morgan fingerprint density at radius 3 is 2.88 bits per heavy atom. The molecule has 0 saturated carbocycles. The van der Waals surface area contributed by atoms with Gasteiger partial charge in [0.1, 0.15) is 11.9 Å². The van der Waals surface area contributed by atoms with E-state index in [9.17, 15) is 9.90 Å². The summed E-state index contributed by atoms with van der Waals surface area (Å²) in [6.07, 6.45) is -0.761. The van der Waals surface area contributed by atoms with Crippen LogP contribution in [0.25, 0.3) is 0 Å². The van der Waals surface area contributed by atoms with Crippen LogP contribution in [0.3, 0.4) is 0 Å². The maximum atomic E-state index is 11.6. The Bertz CT molecular complexity index is 461. The summed E-state index contributed by atoms with van der Waals surface area (Å²) in [7, 11) is 0. The average Bonchev–Trinajstić information content (AvgIpc) is 2.57. The van der Waals surface area contributed by atoms with Gasteiger partial charge >= 0.3 is 5.69 Å². The van der Waals surface area contributed by atoms with Gasteiger partial charge in [0.05, 0.1) is 12.7 Å². The molecule has 1 aromatic heterocycles. The minimum absolute atomic E-state index is 0.116. The molecule has 7 heteroatoms. The fourth-order valence-electron chi connectivity index (χ4n) is 1.92. The van der Waals surface area contributed by atoms with Gasteiger partial charge in [-0.2, -0.15) is 4.98 Å². The molecule has 0 amide bonds. The lowest BCUT2D eigenvalue weighted by atomic mass is 10.0. The average molecular weight is 241 g/mol. The molecule has 0 bridgehead atoms. The molecule has 1 unspecified atom stereocenters. The number of nitrogens with zero attached hydrogens (tertiary/aromatic N) is 2. The minimum atomic E-state index is -0.865. The van der Waals surface area contributed by atoms with Crippen LogP contribution in [0.15, 0.2) is 17.1 Å². The van der Waals surface area contributed by atoms with Crippen molar-refractivity contribution in [3.05, 3.63) is 22.7 Å². The number of hydrogen-bond donors (Lipinski definition) is 3. The summed E-state index contributed by atoms with van der Waals surface area (Å²) < 4.78 is 6.60. The molecule has 0 aliphatic carbocycles. The summed E-state index contributed by atoms with van der Waals surface area (Å²) in [6, 6.07) is 1.45. The lowest BCUT2D eigenvalue weighted by molar-refractivity contribution is -0.0533. The first kappa shape index (κ1) is 12.0. The zero-order valence-corrected chi connectivity index (χ0v) is 9.35. The molecule has 0 radical (unpaired) electrons. The van der Waals surface area contributed by atoms with Crippen molar-refractivity contribution in [2.24, 2.45) is 5.92 Å². The zero-order valence-electron chi connectivity index (χ0n) is 9.35. The molecular formula is C10H15N3O4. The predicted molar refractivity (Wildman–Crippen MR) is 59.1 cm³/mol. The molecule has 1 aliphatic heterocycles. The number of aliphatic hydroxyl groups is 2. The summed E-state index contributed by atoms with van der Waals surface area (Å²) in [5.74, 6) is -0.139. The van der Waals surface area contributed by atoms with E-state index < -0.39 is 24.1 Å². The molecule has 94 valence electrons. The molecular weight excluding hydrogens is 226 g/mol. The first-order chi connectivity index (χ1) is 8.04. The maximum Gasteiger partial charge on any atom is 0.351 e.